The topological polar surface area (TPSA) is 40.5 Å². The van der Waals surface area contributed by atoms with Crippen LogP contribution in [0.1, 0.15) is 45.4 Å². The lowest BCUT2D eigenvalue weighted by molar-refractivity contribution is -0.142. The van der Waals surface area contributed by atoms with Crippen LogP contribution in [0.15, 0.2) is 0 Å². The molecule has 0 aromatic rings. The van der Waals surface area contributed by atoms with E-state index in [1.54, 1.807) is 0 Å². The van der Waals surface area contributed by atoms with Gasteiger partial charge in [0.05, 0.1) is 6.42 Å². The number of carboxylic acids is 1. The Bertz CT molecular complexity index is 240. The minimum Gasteiger partial charge on any atom is -0.481 e. The molecule has 0 bridgehead atoms. The van der Waals surface area contributed by atoms with Crippen molar-refractivity contribution in [1.29, 1.82) is 0 Å². The third-order valence-electron chi connectivity index (χ3n) is 4.22. The van der Waals surface area contributed by atoms with Crippen LogP contribution in [0.2, 0.25) is 0 Å². The molecule has 0 aromatic carbocycles. The lowest BCUT2D eigenvalue weighted by atomic mass is 9.84. The molecule has 1 heterocycles. The lowest BCUT2D eigenvalue weighted by Crippen LogP contribution is -2.59. The normalized spacial score (nSPS) is 26.5. The number of likely N-dealkylation sites (tertiary alicyclic amines) is 1. The van der Waals surface area contributed by atoms with Crippen LogP contribution in [-0.4, -0.2) is 34.6 Å². The van der Waals surface area contributed by atoms with E-state index in [-0.39, 0.29) is 5.54 Å². The largest absolute Gasteiger partial charge is 0.481 e. The van der Waals surface area contributed by atoms with Gasteiger partial charge in [0.1, 0.15) is 0 Å². The zero-order valence-corrected chi connectivity index (χ0v) is 9.54. The van der Waals surface area contributed by atoms with Crippen molar-refractivity contribution in [2.75, 3.05) is 13.1 Å². The minimum absolute atomic E-state index is 0.0253. The molecule has 1 saturated heterocycles. The van der Waals surface area contributed by atoms with Crippen LogP contribution in [0, 0.1) is 5.92 Å². The maximum atomic E-state index is 10.9. The van der Waals surface area contributed by atoms with Gasteiger partial charge in [0.2, 0.25) is 0 Å². The van der Waals surface area contributed by atoms with Gasteiger partial charge in [-0.25, -0.2) is 0 Å². The summed E-state index contributed by atoms with van der Waals surface area (Å²) in [5, 5.41) is 9.00. The molecular weight excluding hydrogens is 190 g/mol. The zero-order chi connectivity index (χ0) is 10.9. The van der Waals surface area contributed by atoms with Crippen molar-refractivity contribution in [1.82, 2.24) is 4.90 Å². The van der Waals surface area contributed by atoms with Crippen LogP contribution in [0.3, 0.4) is 0 Å². The Hall–Kier alpha value is -0.570. The highest BCUT2D eigenvalue weighted by molar-refractivity contribution is 5.68. The fourth-order valence-electron chi connectivity index (χ4n) is 3.13. The van der Waals surface area contributed by atoms with Gasteiger partial charge in [-0.2, -0.15) is 0 Å². The number of rotatable bonds is 4. The predicted octanol–water partition coefficient (Wildman–Crippen LogP) is 2.12. The second-order valence-corrected chi connectivity index (χ2v) is 5.18. The maximum Gasteiger partial charge on any atom is 0.305 e. The highest BCUT2D eigenvalue weighted by atomic mass is 16.4. The summed E-state index contributed by atoms with van der Waals surface area (Å²) in [5.74, 6) is 0.188. The Morgan fingerprint density at radius 3 is 2.47 bits per heavy atom. The van der Waals surface area contributed by atoms with E-state index >= 15 is 0 Å². The summed E-state index contributed by atoms with van der Waals surface area (Å²) in [6, 6.07) is 0. The molecule has 0 spiro atoms. The molecule has 2 fully saturated rings. The van der Waals surface area contributed by atoms with E-state index in [1.165, 1.54) is 19.3 Å². The standard InChI is InChI=1S/C12H21NO2/c1-2-10-8-13(9-10)12(7-11(14)15)5-3-4-6-12/h10H,2-9H2,1H3,(H,14,15). The van der Waals surface area contributed by atoms with Gasteiger partial charge in [-0.1, -0.05) is 26.2 Å². The minimum atomic E-state index is -0.628. The summed E-state index contributed by atoms with van der Waals surface area (Å²) in [7, 11) is 0. The number of carboxylic acid groups (broad SMARTS) is 1. The Labute approximate surface area is 91.5 Å². The quantitative estimate of drug-likeness (QED) is 0.774. The smallest absolute Gasteiger partial charge is 0.305 e. The molecule has 0 unspecified atom stereocenters. The first-order valence-electron chi connectivity index (χ1n) is 6.13. The molecule has 3 nitrogen and oxygen atoms in total. The van der Waals surface area contributed by atoms with Gasteiger partial charge in [0.15, 0.2) is 0 Å². The van der Waals surface area contributed by atoms with Gasteiger partial charge in [-0.3, -0.25) is 9.69 Å². The van der Waals surface area contributed by atoms with Crippen molar-refractivity contribution < 1.29 is 9.90 Å². The molecule has 1 saturated carbocycles. The van der Waals surface area contributed by atoms with E-state index in [0.717, 1.165) is 31.8 Å². The molecule has 0 amide bonds. The summed E-state index contributed by atoms with van der Waals surface area (Å²) in [4.78, 5) is 13.4. The molecule has 0 radical (unpaired) electrons. The Morgan fingerprint density at radius 2 is 2.00 bits per heavy atom. The van der Waals surface area contributed by atoms with E-state index in [0.29, 0.717) is 6.42 Å². The number of carbonyl (C=O) groups is 1. The van der Waals surface area contributed by atoms with E-state index < -0.39 is 5.97 Å². The third kappa shape index (κ3) is 2.03. The van der Waals surface area contributed by atoms with Gasteiger partial charge in [-0.15, -0.1) is 0 Å². The van der Waals surface area contributed by atoms with Crippen LogP contribution in [0.5, 0.6) is 0 Å². The predicted molar refractivity (Wildman–Crippen MR) is 58.8 cm³/mol. The summed E-state index contributed by atoms with van der Waals surface area (Å²) in [6.07, 6.45) is 6.19. The average molecular weight is 211 g/mol. The van der Waals surface area contributed by atoms with Crippen LogP contribution in [0.25, 0.3) is 0 Å². The summed E-state index contributed by atoms with van der Waals surface area (Å²) in [5.41, 5.74) is 0.0253. The SMILES string of the molecule is CCC1CN(C2(CC(=O)O)CCCC2)C1. The van der Waals surface area contributed by atoms with E-state index in [4.69, 9.17) is 5.11 Å². The zero-order valence-electron chi connectivity index (χ0n) is 9.54. The van der Waals surface area contributed by atoms with E-state index in [9.17, 15) is 4.79 Å². The highest BCUT2D eigenvalue weighted by Crippen LogP contribution is 2.42. The van der Waals surface area contributed by atoms with Gasteiger partial charge >= 0.3 is 5.97 Å². The van der Waals surface area contributed by atoms with Crippen molar-refractivity contribution in [2.24, 2.45) is 5.92 Å². The van der Waals surface area contributed by atoms with Gasteiger partial charge in [0, 0.05) is 18.6 Å². The van der Waals surface area contributed by atoms with Crippen LogP contribution >= 0.6 is 0 Å². The second-order valence-electron chi connectivity index (χ2n) is 5.18. The molecule has 2 aliphatic rings. The van der Waals surface area contributed by atoms with Crippen LogP contribution in [0.4, 0.5) is 0 Å². The number of nitrogens with zero attached hydrogens (tertiary/aromatic N) is 1. The monoisotopic (exact) mass is 211 g/mol. The number of hydrogen-bond donors (Lipinski definition) is 1. The Morgan fingerprint density at radius 1 is 1.40 bits per heavy atom. The van der Waals surface area contributed by atoms with Crippen molar-refractivity contribution >= 4 is 5.97 Å². The number of aliphatic carboxylic acids is 1. The Kier molecular flexibility index (Phi) is 3.01. The van der Waals surface area contributed by atoms with Gasteiger partial charge < -0.3 is 5.11 Å². The average Bonchev–Trinajstić information content (AvgIpc) is 2.50. The second kappa shape index (κ2) is 4.12. The summed E-state index contributed by atoms with van der Waals surface area (Å²) >= 11 is 0. The maximum absolute atomic E-state index is 10.9. The molecule has 0 atom stereocenters. The van der Waals surface area contributed by atoms with E-state index in [1.807, 2.05) is 0 Å². The first-order chi connectivity index (χ1) is 7.16. The molecule has 0 aromatic heterocycles. The molecule has 3 heteroatoms. The summed E-state index contributed by atoms with van der Waals surface area (Å²) < 4.78 is 0. The molecule has 2 rings (SSSR count). The van der Waals surface area contributed by atoms with Gasteiger partial charge in [-0.05, 0) is 18.8 Å². The van der Waals surface area contributed by atoms with Crippen LogP contribution < -0.4 is 0 Å². The van der Waals surface area contributed by atoms with Crippen molar-refractivity contribution in [2.45, 2.75) is 51.0 Å². The first-order valence-corrected chi connectivity index (χ1v) is 6.13. The molecule has 86 valence electrons. The van der Waals surface area contributed by atoms with Gasteiger partial charge in [0.25, 0.3) is 0 Å². The molecule has 15 heavy (non-hydrogen) atoms. The molecule has 1 aliphatic heterocycles. The van der Waals surface area contributed by atoms with Crippen molar-refractivity contribution in [3.8, 4) is 0 Å². The fourth-order valence-corrected chi connectivity index (χ4v) is 3.13. The Balaban J connectivity index is 1.97. The summed E-state index contributed by atoms with van der Waals surface area (Å²) in [6.45, 7) is 4.48. The van der Waals surface area contributed by atoms with E-state index in [2.05, 4.69) is 11.8 Å². The first kappa shape index (κ1) is 10.9. The van der Waals surface area contributed by atoms with Crippen molar-refractivity contribution in [3.05, 3.63) is 0 Å². The molecular formula is C12H21NO2. The lowest BCUT2D eigenvalue weighted by Gasteiger charge is -2.50. The molecule has 1 N–H and O–H groups in total. The fraction of sp³-hybridized carbons (Fsp3) is 0.917. The highest BCUT2D eigenvalue weighted by Gasteiger charge is 2.45. The molecule has 1 aliphatic carbocycles. The van der Waals surface area contributed by atoms with Crippen molar-refractivity contribution in [3.63, 3.8) is 0 Å². The third-order valence-corrected chi connectivity index (χ3v) is 4.22. The number of hydrogen-bond acceptors (Lipinski definition) is 2. The van der Waals surface area contributed by atoms with Crippen LogP contribution in [-0.2, 0) is 4.79 Å².